The van der Waals surface area contributed by atoms with Crippen LogP contribution in [0.3, 0.4) is 0 Å². The largest absolute Gasteiger partial charge is 0.481 e. The quantitative estimate of drug-likeness (QED) is 0.510. The van der Waals surface area contributed by atoms with Crippen LogP contribution < -0.4 is 5.73 Å². The van der Waals surface area contributed by atoms with E-state index in [0.717, 1.165) is 4.90 Å². The van der Waals surface area contributed by atoms with Crippen LogP contribution in [-0.4, -0.2) is 52.6 Å². The van der Waals surface area contributed by atoms with Crippen molar-refractivity contribution in [3.05, 3.63) is 0 Å². The highest BCUT2D eigenvalue weighted by molar-refractivity contribution is 5.85. The van der Waals surface area contributed by atoms with Crippen molar-refractivity contribution in [2.75, 3.05) is 13.6 Å². The highest BCUT2D eigenvalue weighted by atomic mass is 16.4. The molecule has 0 saturated carbocycles. The van der Waals surface area contributed by atoms with Gasteiger partial charge < -0.3 is 20.8 Å². The summed E-state index contributed by atoms with van der Waals surface area (Å²) in [5, 5.41) is 16.8. The normalized spacial score (nSPS) is 11.9. The molecule has 0 saturated heterocycles. The predicted molar refractivity (Wildman–Crippen MR) is 50.1 cm³/mol. The van der Waals surface area contributed by atoms with Crippen LogP contribution in [0, 0.1) is 0 Å². The average molecular weight is 218 g/mol. The van der Waals surface area contributed by atoms with Gasteiger partial charge in [0.15, 0.2) is 0 Å². The van der Waals surface area contributed by atoms with Gasteiger partial charge in [-0.25, -0.2) is 0 Å². The minimum Gasteiger partial charge on any atom is -0.481 e. The molecule has 1 amide bonds. The third-order valence-corrected chi connectivity index (χ3v) is 1.74. The minimum atomic E-state index is -1.14. The summed E-state index contributed by atoms with van der Waals surface area (Å²) in [7, 11) is 1.30. The van der Waals surface area contributed by atoms with Gasteiger partial charge in [0.25, 0.3) is 0 Å². The number of hydrogen-bond donors (Lipinski definition) is 3. The molecule has 0 bridgehead atoms. The van der Waals surface area contributed by atoms with Crippen LogP contribution in [0.2, 0.25) is 0 Å². The molecular weight excluding hydrogens is 204 g/mol. The highest BCUT2D eigenvalue weighted by Gasteiger charge is 2.20. The maximum Gasteiger partial charge on any atom is 0.323 e. The van der Waals surface area contributed by atoms with Crippen LogP contribution >= 0.6 is 0 Å². The first-order valence-electron chi connectivity index (χ1n) is 4.28. The van der Waals surface area contributed by atoms with Crippen molar-refractivity contribution in [2.24, 2.45) is 5.73 Å². The molecule has 0 aromatic carbocycles. The standard InChI is InChI=1S/C8H14N2O5/c1-10(4-7(13)14)8(15)5(9)2-3-6(11)12/h5H,2-4,9H2,1H3,(H,11,12)(H,13,14)/t5-/m0/s1. The molecule has 0 aromatic heterocycles. The van der Waals surface area contributed by atoms with Crippen molar-refractivity contribution < 1.29 is 24.6 Å². The second-order valence-corrected chi connectivity index (χ2v) is 3.13. The fraction of sp³-hybridized carbons (Fsp3) is 0.625. The van der Waals surface area contributed by atoms with Crippen LogP contribution in [0.4, 0.5) is 0 Å². The van der Waals surface area contributed by atoms with Crippen LogP contribution in [0.15, 0.2) is 0 Å². The van der Waals surface area contributed by atoms with E-state index in [2.05, 4.69) is 0 Å². The zero-order chi connectivity index (χ0) is 12.0. The van der Waals surface area contributed by atoms with E-state index in [1.54, 1.807) is 0 Å². The topological polar surface area (TPSA) is 121 Å². The van der Waals surface area contributed by atoms with Crippen molar-refractivity contribution in [1.29, 1.82) is 0 Å². The van der Waals surface area contributed by atoms with Crippen molar-refractivity contribution in [3.63, 3.8) is 0 Å². The van der Waals surface area contributed by atoms with Gasteiger partial charge in [-0.05, 0) is 6.42 Å². The zero-order valence-corrected chi connectivity index (χ0v) is 8.34. The number of carbonyl (C=O) groups is 3. The number of rotatable bonds is 6. The van der Waals surface area contributed by atoms with E-state index in [1.165, 1.54) is 7.05 Å². The van der Waals surface area contributed by atoms with Gasteiger partial charge in [-0.15, -0.1) is 0 Å². The van der Waals surface area contributed by atoms with Crippen LogP contribution in [-0.2, 0) is 14.4 Å². The number of nitrogens with two attached hydrogens (primary N) is 1. The van der Waals surface area contributed by atoms with Gasteiger partial charge in [0, 0.05) is 13.5 Å². The number of hydrogen-bond acceptors (Lipinski definition) is 4. The van der Waals surface area contributed by atoms with Gasteiger partial charge >= 0.3 is 11.9 Å². The van der Waals surface area contributed by atoms with Gasteiger partial charge in [0.2, 0.25) is 5.91 Å². The fourth-order valence-corrected chi connectivity index (χ4v) is 0.966. The first-order valence-corrected chi connectivity index (χ1v) is 4.28. The number of carboxylic acids is 2. The number of carboxylic acid groups (broad SMARTS) is 2. The van der Waals surface area contributed by atoms with Crippen molar-refractivity contribution in [2.45, 2.75) is 18.9 Å². The maximum atomic E-state index is 11.3. The lowest BCUT2D eigenvalue weighted by molar-refractivity contribution is -0.144. The number of likely N-dealkylation sites (N-methyl/N-ethyl adjacent to an activating group) is 1. The summed E-state index contributed by atoms with van der Waals surface area (Å²) in [6.07, 6.45) is -0.216. The van der Waals surface area contributed by atoms with Crippen molar-refractivity contribution >= 4 is 17.8 Å². The van der Waals surface area contributed by atoms with Crippen molar-refractivity contribution in [1.82, 2.24) is 4.90 Å². The van der Waals surface area contributed by atoms with Gasteiger partial charge in [0.1, 0.15) is 6.54 Å². The lowest BCUT2D eigenvalue weighted by Gasteiger charge is -2.18. The van der Waals surface area contributed by atoms with Gasteiger partial charge in [-0.1, -0.05) is 0 Å². The number of amides is 1. The highest BCUT2D eigenvalue weighted by Crippen LogP contribution is 1.98. The first kappa shape index (κ1) is 13.4. The molecule has 4 N–H and O–H groups in total. The second-order valence-electron chi connectivity index (χ2n) is 3.13. The molecular formula is C8H14N2O5. The molecule has 0 heterocycles. The lowest BCUT2D eigenvalue weighted by Crippen LogP contribution is -2.43. The summed E-state index contributed by atoms with van der Waals surface area (Å²) >= 11 is 0. The summed E-state index contributed by atoms with van der Waals surface area (Å²) in [5.41, 5.74) is 5.39. The molecule has 0 unspecified atom stereocenters. The zero-order valence-electron chi connectivity index (χ0n) is 8.34. The van der Waals surface area contributed by atoms with Gasteiger partial charge in [-0.2, -0.15) is 0 Å². The minimum absolute atomic E-state index is 0.00186. The molecule has 0 spiro atoms. The molecule has 0 aromatic rings. The van der Waals surface area contributed by atoms with Crippen molar-refractivity contribution in [3.8, 4) is 0 Å². The van der Waals surface area contributed by atoms with E-state index < -0.39 is 30.4 Å². The summed E-state index contributed by atoms with van der Waals surface area (Å²) < 4.78 is 0. The Morgan fingerprint density at radius 1 is 1.27 bits per heavy atom. The summed E-state index contributed by atoms with van der Waals surface area (Å²) in [6, 6.07) is -0.967. The molecule has 15 heavy (non-hydrogen) atoms. The third-order valence-electron chi connectivity index (χ3n) is 1.74. The molecule has 0 fully saturated rings. The molecule has 0 aliphatic rings. The SMILES string of the molecule is CN(CC(=O)O)C(=O)[C@@H](N)CCC(=O)O. The second kappa shape index (κ2) is 5.97. The molecule has 0 aliphatic carbocycles. The Labute approximate surface area is 86.5 Å². The molecule has 7 heteroatoms. The molecule has 7 nitrogen and oxygen atoms in total. The number of nitrogens with zero attached hydrogens (tertiary/aromatic N) is 1. The van der Waals surface area contributed by atoms with E-state index in [4.69, 9.17) is 15.9 Å². The predicted octanol–water partition coefficient (Wildman–Crippen LogP) is -1.28. The first-order chi connectivity index (χ1) is 6.84. The van der Waals surface area contributed by atoms with Crippen LogP contribution in [0.25, 0.3) is 0 Å². The number of carbonyl (C=O) groups excluding carboxylic acids is 1. The molecule has 0 aliphatic heterocycles. The molecule has 0 radical (unpaired) electrons. The van der Waals surface area contributed by atoms with Crippen LogP contribution in [0.5, 0.6) is 0 Å². The van der Waals surface area contributed by atoms with E-state index in [0.29, 0.717) is 0 Å². The van der Waals surface area contributed by atoms with E-state index in [1.807, 2.05) is 0 Å². The monoisotopic (exact) mass is 218 g/mol. The summed E-state index contributed by atoms with van der Waals surface area (Å²) in [4.78, 5) is 32.8. The average Bonchev–Trinajstić information content (AvgIpc) is 2.11. The lowest BCUT2D eigenvalue weighted by atomic mass is 10.1. The molecule has 1 atom stereocenters. The Morgan fingerprint density at radius 2 is 1.80 bits per heavy atom. The van der Waals surface area contributed by atoms with E-state index >= 15 is 0 Å². The summed E-state index contributed by atoms with van der Waals surface area (Å²) in [5.74, 6) is -2.76. The third kappa shape index (κ3) is 5.63. The Balaban J connectivity index is 4.07. The molecule has 86 valence electrons. The Kier molecular flexibility index (Phi) is 5.32. The van der Waals surface area contributed by atoms with Gasteiger partial charge in [-0.3, -0.25) is 14.4 Å². The molecule has 0 rings (SSSR count). The smallest absolute Gasteiger partial charge is 0.323 e. The van der Waals surface area contributed by atoms with Crippen LogP contribution in [0.1, 0.15) is 12.8 Å². The summed E-state index contributed by atoms with van der Waals surface area (Å²) in [6.45, 7) is -0.445. The Bertz CT molecular complexity index is 266. The number of aliphatic carboxylic acids is 2. The Hall–Kier alpha value is -1.63. The van der Waals surface area contributed by atoms with Gasteiger partial charge in [0.05, 0.1) is 6.04 Å². The Morgan fingerprint density at radius 3 is 2.20 bits per heavy atom. The van der Waals surface area contributed by atoms with E-state index in [-0.39, 0.29) is 12.8 Å². The maximum absolute atomic E-state index is 11.3. The fourth-order valence-electron chi connectivity index (χ4n) is 0.966. The van der Waals surface area contributed by atoms with E-state index in [9.17, 15) is 14.4 Å².